The first kappa shape index (κ1) is 20.6. The molecule has 0 spiro atoms. The number of nitrogens with zero attached hydrogens (tertiary/aromatic N) is 2. The smallest absolute Gasteiger partial charge is 0.331 e. The first-order chi connectivity index (χ1) is 13.8. The van der Waals surface area contributed by atoms with Crippen molar-refractivity contribution >= 4 is 16.8 Å². The highest BCUT2D eigenvalue weighted by Gasteiger charge is 2.30. The highest BCUT2D eigenvalue weighted by molar-refractivity contribution is 5.94. The standard InChI is InChI=1S/C21H20F3N3O2/c1-2-3-12-27(20(29)14-8-10-15(11-9-14)21(22,23)24)13-18-25-17-7-5-4-6-16(17)19(28)26-18/h4-11H,2-3,12-13H2,1H3,(H,25,26,28). The lowest BCUT2D eigenvalue weighted by molar-refractivity contribution is -0.137. The van der Waals surface area contributed by atoms with Gasteiger partial charge < -0.3 is 9.88 Å². The SMILES string of the molecule is CCCCN(Cc1nc2ccccc2c(=O)[nH]1)C(=O)c1ccc(C(F)(F)F)cc1. The third kappa shape index (κ3) is 4.82. The summed E-state index contributed by atoms with van der Waals surface area (Å²) in [5, 5.41) is 0.449. The van der Waals surface area contributed by atoms with E-state index in [0.29, 0.717) is 29.7 Å². The number of aromatic nitrogens is 2. The van der Waals surface area contributed by atoms with E-state index >= 15 is 0 Å². The summed E-state index contributed by atoms with van der Waals surface area (Å²) in [6.45, 7) is 2.42. The van der Waals surface area contributed by atoms with Crippen LogP contribution in [0.15, 0.2) is 53.3 Å². The van der Waals surface area contributed by atoms with Crippen molar-refractivity contribution in [3.63, 3.8) is 0 Å². The van der Waals surface area contributed by atoms with Crippen LogP contribution in [0, 0.1) is 0 Å². The van der Waals surface area contributed by atoms with E-state index in [0.717, 1.165) is 18.6 Å². The van der Waals surface area contributed by atoms with E-state index in [1.807, 2.05) is 6.92 Å². The first-order valence-electron chi connectivity index (χ1n) is 9.24. The van der Waals surface area contributed by atoms with Crippen LogP contribution in [-0.2, 0) is 12.7 Å². The molecule has 0 radical (unpaired) electrons. The van der Waals surface area contributed by atoms with Crippen LogP contribution in [0.2, 0.25) is 0 Å². The van der Waals surface area contributed by atoms with Gasteiger partial charge in [0.15, 0.2) is 0 Å². The highest BCUT2D eigenvalue weighted by atomic mass is 19.4. The summed E-state index contributed by atoms with van der Waals surface area (Å²) in [7, 11) is 0. The van der Waals surface area contributed by atoms with Crippen LogP contribution in [0.4, 0.5) is 13.2 Å². The van der Waals surface area contributed by atoms with Gasteiger partial charge >= 0.3 is 6.18 Å². The largest absolute Gasteiger partial charge is 0.416 e. The quantitative estimate of drug-likeness (QED) is 0.664. The first-order valence-corrected chi connectivity index (χ1v) is 9.24. The number of hydrogen-bond acceptors (Lipinski definition) is 3. The van der Waals surface area contributed by atoms with Gasteiger partial charge in [0.05, 0.1) is 23.0 Å². The second-order valence-electron chi connectivity index (χ2n) is 6.69. The van der Waals surface area contributed by atoms with E-state index < -0.39 is 17.6 Å². The molecule has 5 nitrogen and oxygen atoms in total. The zero-order valence-corrected chi connectivity index (χ0v) is 15.8. The molecule has 152 valence electrons. The van der Waals surface area contributed by atoms with Crippen molar-refractivity contribution in [3.8, 4) is 0 Å². The summed E-state index contributed by atoms with van der Waals surface area (Å²) in [5.41, 5.74) is -0.446. The van der Waals surface area contributed by atoms with Crippen LogP contribution in [0.25, 0.3) is 10.9 Å². The third-order valence-electron chi connectivity index (χ3n) is 4.53. The van der Waals surface area contributed by atoms with Gasteiger partial charge in [0.1, 0.15) is 5.82 Å². The van der Waals surface area contributed by atoms with Crippen molar-refractivity contribution in [2.24, 2.45) is 0 Å². The number of halogens is 3. The van der Waals surface area contributed by atoms with Gasteiger partial charge in [0.25, 0.3) is 11.5 Å². The Hall–Kier alpha value is -3.16. The molecule has 0 fully saturated rings. The van der Waals surface area contributed by atoms with Gasteiger partial charge in [-0.3, -0.25) is 9.59 Å². The fraction of sp³-hybridized carbons (Fsp3) is 0.286. The fourth-order valence-electron chi connectivity index (χ4n) is 2.98. The molecule has 3 aromatic rings. The van der Waals surface area contributed by atoms with Gasteiger partial charge in [-0.1, -0.05) is 25.5 Å². The molecule has 0 aliphatic heterocycles. The predicted octanol–water partition coefficient (Wildman–Crippen LogP) is 4.38. The zero-order chi connectivity index (χ0) is 21.0. The molecule has 3 rings (SSSR count). The van der Waals surface area contributed by atoms with Gasteiger partial charge in [-0.15, -0.1) is 0 Å². The Morgan fingerprint density at radius 3 is 2.45 bits per heavy atom. The number of unbranched alkanes of at least 4 members (excludes halogenated alkanes) is 1. The van der Waals surface area contributed by atoms with Crippen LogP contribution in [0.3, 0.4) is 0 Å². The molecule has 29 heavy (non-hydrogen) atoms. The van der Waals surface area contributed by atoms with Crippen molar-refractivity contribution in [1.29, 1.82) is 0 Å². The zero-order valence-electron chi connectivity index (χ0n) is 15.8. The number of amides is 1. The molecular weight excluding hydrogens is 383 g/mol. The Morgan fingerprint density at radius 2 is 1.79 bits per heavy atom. The summed E-state index contributed by atoms with van der Waals surface area (Å²) in [5.74, 6) is -0.0898. The Kier molecular flexibility index (Phi) is 6.00. The molecular formula is C21H20F3N3O2. The summed E-state index contributed by atoms with van der Waals surface area (Å²) >= 11 is 0. The maximum absolute atomic E-state index is 12.9. The van der Waals surface area contributed by atoms with Crippen LogP contribution >= 0.6 is 0 Å². The van der Waals surface area contributed by atoms with Gasteiger partial charge in [-0.05, 0) is 42.8 Å². The number of benzene rings is 2. The van der Waals surface area contributed by atoms with Crippen molar-refractivity contribution in [1.82, 2.24) is 14.9 Å². The second kappa shape index (κ2) is 8.46. The third-order valence-corrected chi connectivity index (χ3v) is 4.53. The summed E-state index contributed by atoms with van der Waals surface area (Å²) in [6, 6.07) is 11.0. The number of nitrogens with one attached hydrogen (secondary N) is 1. The Balaban J connectivity index is 1.88. The van der Waals surface area contributed by atoms with Crippen LogP contribution in [0.1, 0.15) is 41.5 Å². The maximum Gasteiger partial charge on any atom is 0.416 e. The Morgan fingerprint density at radius 1 is 1.10 bits per heavy atom. The molecule has 0 atom stereocenters. The van der Waals surface area contributed by atoms with E-state index in [4.69, 9.17) is 0 Å². The average molecular weight is 403 g/mol. The fourth-order valence-corrected chi connectivity index (χ4v) is 2.98. The van der Waals surface area contributed by atoms with E-state index in [9.17, 15) is 22.8 Å². The summed E-state index contributed by atoms with van der Waals surface area (Å²) in [6.07, 6.45) is -2.92. The molecule has 0 bridgehead atoms. The topological polar surface area (TPSA) is 66.1 Å². The minimum absolute atomic E-state index is 0.0555. The minimum atomic E-state index is -4.46. The average Bonchev–Trinajstić information content (AvgIpc) is 2.70. The lowest BCUT2D eigenvalue weighted by Crippen LogP contribution is -2.33. The number of rotatable bonds is 6. The highest BCUT2D eigenvalue weighted by Crippen LogP contribution is 2.29. The molecule has 2 aromatic carbocycles. The molecule has 0 unspecified atom stereocenters. The molecule has 0 saturated heterocycles. The van der Waals surface area contributed by atoms with E-state index in [-0.39, 0.29) is 17.7 Å². The molecule has 8 heteroatoms. The van der Waals surface area contributed by atoms with E-state index in [2.05, 4.69) is 9.97 Å². The van der Waals surface area contributed by atoms with Crippen molar-refractivity contribution < 1.29 is 18.0 Å². The number of alkyl halides is 3. The van der Waals surface area contributed by atoms with Crippen LogP contribution in [-0.4, -0.2) is 27.3 Å². The Bertz CT molecular complexity index is 1060. The Labute approximate surface area is 165 Å². The van der Waals surface area contributed by atoms with Gasteiger partial charge in [-0.25, -0.2) is 4.98 Å². The monoisotopic (exact) mass is 403 g/mol. The normalized spacial score (nSPS) is 11.6. The molecule has 1 heterocycles. The van der Waals surface area contributed by atoms with Gasteiger partial charge in [-0.2, -0.15) is 13.2 Å². The molecule has 1 amide bonds. The molecule has 0 saturated carbocycles. The number of para-hydroxylation sites is 1. The lowest BCUT2D eigenvalue weighted by Gasteiger charge is -2.22. The lowest BCUT2D eigenvalue weighted by atomic mass is 10.1. The molecule has 1 N–H and O–H groups in total. The van der Waals surface area contributed by atoms with E-state index in [1.54, 1.807) is 24.3 Å². The number of H-pyrrole nitrogens is 1. The molecule has 1 aromatic heterocycles. The maximum atomic E-state index is 12.9. The number of aromatic amines is 1. The van der Waals surface area contributed by atoms with Gasteiger partial charge in [0, 0.05) is 12.1 Å². The number of carbonyl (C=O) groups excluding carboxylic acids is 1. The summed E-state index contributed by atoms with van der Waals surface area (Å²) < 4.78 is 38.3. The number of hydrogen-bond donors (Lipinski definition) is 1. The summed E-state index contributed by atoms with van der Waals surface area (Å²) in [4.78, 5) is 33.7. The van der Waals surface area contributed by atoms with Crippen molar-refractivity contribution in [3.05, 3.63) is 75.8 Å². The second-order valence-corrected chi connectivity index (χ2v) is 6.69. The number of fused-ring (bicyclic) bond motifs is 1. The van der Waals surface area contributed by atoms with Crippen molar-refractivity contribution in [2.75, 3.05) is 6.54 Å². The van der Waals surface area contributed by atoms with Gasteiger partial charge in [0.2, 0.25) is 0 Å². The van der Waals surface area contributed by atoms with Crippen LogP contribution < -0.4 is 5.56 Å². The predicted molar refractivity (Wildman–Crippen MR) is 103 cm³/mol. The van der Waals surface area contributed by atoms with Crippen molar-refractivity contribution in [2.45, 2.75) is 32.5 Å². The minimum Gasteiger partial charge on any atom is -0.331 e. The van der Waals surface area contributed by atoms with Crippen LogP contribution in [0.5, 0.6) is 0 Å². The molecule has 0 aliphatic carbocycles. The number of carbonyl (C=O) groups is 1. The van der Waals surface area contributed by atoms with E-state index in [1.165, 1.54) is 17.0 Å². The molecule has 0 aliphatic rings.